The van der Waals surface area contributed by atoms with Gasteiger partial charge in [-0.05, 0) is 23.3 Å². The molecule has 140 valence electrons. The first-order valence-corrected chi connectivity index (χ1v) is 9.45. The lowest BCUT2D eigenvalue weighted by Gasteiger charge is -2.18. The van der Waals surface area contributed by atoms with Crippen molar-refractivity contribution in [1.82, 2.24) is 10.2 Å². The van der Waals surface area contributed by atoms with E-state index >= 15 is 0 Å². The molecule has 3 aromatic rings. The Balaban J connectivity index is 1.62. The topological polar surface area (TPSA) is 90.1 Å². The van der Waals surface area contributed by atoms with Crippen molar-refractivity contribution in [2.45, 2.75) is 19.4 Å². The predicted molar refractivity (Wildman–Crippen MR) is 107 cm³/mol. The number of ether oxygens (including phenoxy) is 1. The van der Waals surface area contributed by atoms with Crippen molar-refractivity contribution in [2.24, 2.45) is 11.7 Å². The summed E-state index contributed by atoms with van der Waals surface area (Å²) in [5, 5.41) is 12.4. The van der Waals surface area contributed by atoms with Crippen molar-refractivity contribution >= 4 is 22.4 Å². The lowest BCUT2D eigenvalue weighted by atomic mass is 9.95. The van der Waals surface area contributed by atoms with Crippen LogP contribution in [0.25, 0.3) is 0 Å². The summed E-state index contributed by atoms with van der Waals surface area (Å²) in [7, 11) is 1.64. The van der Waals surface area contributed by atoms with Crippen LogP contribution < -0.4 is 15.8 Å². The molecular weight excluding hydrogens is 360 g/mol. The van der Waals surface area contributed by atoms with Crippen LogP contribution >= 0.6 is 11.3 Å². The molecule has 3 rings (SSSR count). The average Bonchev–Trinajstić information content (AvgIpc) is 3.14. The van der Waals surface area contributed by atoms with Crippen molar-refractivity contribution in [3.05, 3.63) is 70.7 Å². The number of carbonyl (C=O) groups is 1. The molecule has 6 nitrogen and oxygen atoms in total. The van der Waals surface area contributed by atoms with Gasteiger partial charge in [0.25, 0.3) is 0 Å². The Kier molecular flexibility index (Phi) is 6.16. The molecule has 3 N–H and O–H groups in total. The molecule has 0 saturated heterocycles. The molecule has 0 saturated carbocycles. The van der Waals surface area contributed by atoms with E-state index in [2.05, 4.69) is 15.5 Å². The summed E-state index contributed by atoms with van der Waals surface area (Å²) in [5.41, 5.74) is 8.22. The Labute approximate surface area is 162 Å². The SMILES string of the molecule is COc1cccc(Cc2nnc(NC(=O)C(C)C(N)c3ccccc3)s2)c1. The second kappa shape index (κ2) is 8.75. The van der Waals surface area contributed by atoms with Crippen LogP contribution in [0.5, 0.6) is 5.75 Å². The molecule has 2 unspecified atom stereocenters. The Morgan fingerprint density at radius 1 is 1.19 bits per heavy atom. The number of nitrogens with one attached hydrogen (secondary N) is 1. The molecule has 2 atom stereocenters. The fourth-order valence-electron chi connectivity index (χ4n) is 2.68. The summed E-state index contributed by atoms with van der Waals surface area (Å²) < 4.78 is 5.23. The number of anilines is 1. The summed E-state index contributed by atoms with van der Waals surface area (Å²) in [6, 6.07) is 17.0. The highest BCUT2D eigenvalue weighted by atomic mass is 32.1. The Morgan fingerprint density at radius 2 is 1.96 bits per heavy atom. The quantitative estimate of drug-likeness (QED) is 0.653. The summed E-state index contributed by atoms with van der Waals surface area (Å²) in [6.45, 7) is 1.81. The molecule has 1 amide bonds. The Bertz CT molecular complexity index is 898. The third-order valence-electron chi connectivity index (χ3n) is 4.32. The average molecular weight is 382 g/mol. The van der Waals surface area contributed by atoms with Gasteiger partial charge in [-0.3, -0.25) is 4.79 Å². The molecular formula is C20H22N4O2S. The van der Waals surface area contributed by atoms with Crippen LogP contribution in [0.3, 0.4) is 0 Å². The zero-order valence-electron chi connectivity index (χ0n) is 15.3. The van der Waals surface area contributed by atoms with Crippen molar-refractivity contribution < 1.29 is 9.53 Å². The maximum Gasteiger partial charge on any atom is 0.230 e. The maximum absolute atomic E-state index is 12.5. The van der Waals surface area contributed by atoms with E-state index < -0.39 is 5.92 Å². The zero-order valence-corrected chi connectivity index (χ0v) is 16.1. The van der Waals surface area contributed by atoms with Gasteiger partial charge >= 0.3 is 0 Å². The molecule has 0 fully saturated rings. The van der Waals surface area contributed by atoms with E-state index in [1.54, 1.807) is 7.11 Å². The third kappa shape index (κ3) is 4.90. The van der Waals surface area contributed by atoms with Gasteiger partial charge in [0.2, 0.25) is 11.0 Å². The number of nitrogens with two attached hydrogens (primary N) is 1. The number of rotatable bonds is 7. The van der Waals surface area contributed by atoms with E-state index in [0.29, 0.717) is 11.6 Å². The molecule has 7 heteroatoms. The minimum atomic E-state index is -0.391. The van der Waals surface area contributed by atoms with Crippen LogP contribution in [0.4, 0.5) is 5.13 Å². The summed E-state index contributed by atoms with van der Waals surface area (Å²) in [4.78, 5) is 12.5. The molecule has 2 aromatic carbocycles. The van der Waals surface area contributed by atoms with E-state index in [1.165, 1.54) is 11.3 Å². The van der Waals surface area contributed by atoms with Gasteiger partial charge in [0.15, 0.2) is 0 Å². The molecule has 1 heterocycles. The highest BCUT2D eigenvalue weighted by Gasteiger charge is 2.23. The monoisotopic (exact) mass is 382 g/mol. The number of carbonyl (C=O) groups excluding carboxylic acids is 1. The second-order valence-corrected chi connectivity index (χ2v) is 7.31. The molecule has 1 aromatic heterocycles. The minimum Gasteiger partial charge on any atom is -0.497 e. The first kappa shape index (κ1) is 19.0. The summed E-state index contributed by atoms with van der Waals surface area (Å²) in [6.07, 6.45) is 0.629. The van der Waals surface area contributed by atoms with Crippen LogP contribution in [-0.2, 0) is 11.2 Å². The Hall–Kier alpha value is -2.77. The highest BCUT2D eigenvalue weighted by molar-refractivity contribution is 7.15. The maximum atomic E-state index is 12.5. The number of aromatic nitrogens is 2. The van der Waals surface area contributed by atoms with Crippen LogP contribution in [0.15, 0.2) is 54.6 Å². The molecule has 0 aliphatic carbocycles. The normalized spacial score (nSPS) is 13.0. The standard InChI is InChI=1S/C20H22N4O2S/c1-13(18(21)15-8-4-3-5-9-15)19(25)22-20-24-23-17(27-20)12-14-7-6-10-16(11-14)26-2/h3-11,13,18H,12,21H2,1-2H3,(H,22,24,25). The number of benzene rings is 2. The van der Waals surface area contributed by atoms with E-state index in [0.717, 1.165) is 21.9 Å². The van der Waals surface area contributed by atoms with E-state index in [9.17, 15) is 4.79 Å². The number of hydrogen-bond acceptors (Lipinski definition) is 6. The number of methoxy groups -OCH3 is 1. The van der Waals surface area contributed by atoms with Gasteiger partial charge in [0, 0.05) is 12.5 Å². The van der Waals surface area contributed by atoms with Crippen molar-refractivity contribution in [2.75, 3.05) is 12.4 Å². The van der Waals surface area contributed by atoms with E-state index in [4.69, 9.17) is 10.5 Å². The zero-order chi connectivity index (χ0) is 19.2. The van der Waals surface area contributed by atoms with Gasteiger partial charge in [-0.25, -0.2) is 0 Å². The first-order valence-electron chi connectivity index (χ1n) is 8.63. The molecule has 0 radical (unpaired) electrons. The molecule has 0 bridgehead atoms. The van der Waals surface area contributed by atoms with Gasteiger partial charge < -0.3 is 15.8 Å². The van der Waals surface area contributed by atoms with Gasteiger partial charge in [-0.1, -0.05) is 60.7 Å². The van der Waals surface area contributed by atoms with Crippen LogP contribution in [0.2, 0.25) is 0 Å². The second-order valence-electron chi connectivity index (χ2n) is 6.24. The Morgan fingerprint density at radius 3 is 2.70 bits per heavy atom. The smallest absolute Gasteiger partial charge is 0.230 e. The van der Waals surface area contributed by atoms with Crippen molar-refractivity contribution in [1.29, 1.82) is 0 Å². The van der Waals surface area contributed by atoms with Crippen LogP contribution in [0, 0.1) is 5.92 Å². The van der Waals surface area contributed by atoms with Gasteiger partial charge in [-0.15, -0.1) is 10.2 Å². The van der Waals surface area contributed by atoms with E-state index in [1.807, 2.05) is 61.5 Å². The van der Waals surface area contributed by atoms with Crippen molar-refractivity contribution in [3.63, 3.8) is 0 Å². The van der Waals surface area contributed by atoms with Crippen LogP contribution in [-0.4, -0.2) is 23.2 Å². The van der Waals surface area contributed by atoms with Crippen LogP contribution in [0.1, 0.15) is 29.1 Å². The first-order chi connectivity index (χ1) is 13.1. The largest absolute Gasteiger partial charge is 0.497 e. The fourth-order valence-corrected chi connectivity index (χ4v) is 3.46. The highest BCUT2D eigenvalue weighted by Crippen LogP contribution is 2.24. The molecule has 27 heavy (non-hydrogen) atoms. The minimum absolute atomic E-state index is 0.171. The van der Waals surface area contributed by atoms with E-state index in [-0.39, 0.29) is 11.9 Å². The fraction of sp³-hybridized carbons (Fsp3) is 0.250. The third-order valence-corrected chi connectivity index (χ3v) is 5.16. The van der Waals surface area contributed by atoms with Gasteiger partial charge in [-0.2, -0.15) is 0 Å². The number of hydrogen-bond donors (Lipinski definition) is 2. The summed E-state index contributed by atoms with van der Waals surface area (Å²) in [5.74, 6) is 0.239. The number of amides is 1. The molecule has 0 spiro atoms. The molecule has 0 aliphatic rings. The number of nitrogens with zero attached hydrogens (tertiary/aromatic N) is 2. The van der Waals surface area contributed by atoms with Crippen molar-refractivity contribution in [3.8, 4) is 5.75 Å². The predicted octanol–water partition coefficient (Wildman–Crippen LogP) is 3.41. The summed E-state index contributed by atoms with van der Waals surface area (Å²) >= 11 is 1.36. The lowest BCUT2D eigenvalue weighted by molar-refractivity contribution is -0.120. The van der Waals surface area contributed by atoms with Gasteiger partial charge in [0.1, 0.15) is 10.8 Å². The lowest BCUT2D eigenvalue weighted by Crippen LogP contribution is -2.30. The molecule has 0 aliphatic heterocycles. The van der Waals surface area contributed by atoms with Gasteiger partial charge in [0.05, 0.1) is 13.0 Å².